The van der Waals surface area contributed by atoms with E-state index in [0.717, 1.165) is 61.4 Å². The van der Waals surface area contributed by atoms with Crippen LogP contribution in [-0.4, -0.2) is 14.5 Å². The number of hydrogen-bond donors (Lipinski definition) is 0. The normalized spacial score (nSPS) is 12.2. The Labute approximate surface area is 270 Å². The van der Waals surface area contributed by atoms with Gasteiger partial charge in [-0.05, 0) is 54.1 Å². The lowest BCUT2D eigenvalue weighted by molar-refractivity contribution is 0.669. The highest BCUT2D eigenvalue weighted by molar-refractivity contribution is 6.13. The molecule has 9 aromatic rings. The lowest BCUT2D eigenvalue weighted by atomic mass is 9.98. The Kier molecular flexibility index (Phi) is 5.51. The van der Waals surface area contributed by atoms with Crippen molar-refractivity contribution in [3.05, 3.63) is 158 Å². The predicted octanol–water partition coefficient (Wildman–Crippen LogP) is 11.1. The first-order chi connectivity index (χ1) is 23.3. The maximum Gasteiger partial charge on any atom is 0.146 e. The summed E-state index contributed by atoms with van der Waals surface area (Å²) in [5.41, 5.74) is 14.0. The van der Waals surface area contributed by atoms with Crippen molar-refractivity contribution in [1.82, 2.24) is 14.5 Å². The van der Waals surface area contributed by atoms with Gasteiger partial charge in [0.05, 0.1) is 22.6 Å². The average molecular weight is 603 g/mol. The highest BCUT2D eigenvalue weighted by atomic mass is 16.3. The second-order valence-electron chi connectivity index (χ2n) is 11.9. The smallest absolute Gasteiger partial charge is 0.146 e. The zero-order valence-corrected chi connectivity index (χ0v) is 25.2. The summed E-state index contributed by atoms with van der Waals surface area (Å²) in [6.45, 7) is 0. The van der Waals surface area contributed by atoms with Gasteiger partial charge in [0.15, 0.2) is 0 Å². The molecular formula is C42H26N4O. The van der Waals surface area contributed by atoms with Crippen LogP contribution in [0.1, 0.15) is 0 Å². The number of hydrogen-bond acceptors (Lipinski definition) is 4. The van der Waals surface area contributed by atoms with Gasteiger partial charge < -0.3 is 13.9 Å². The van der Waals surface area contributed by atoms with E-state index in [-0.39, 0.29) is 0 Å². The number of fused-ring (bicyclic) bond motifs is 10. The molecule has 0 saturated carbocycles. The van der Waals surface area contributed by atoms with Gasteiger partial charge in [0.25, 0.3) is 0 Å². The van der Waals surface area contributed by atoms with Crippen LogP contribution in [-0.2, 0) is 0 Å². The summed E-state index contributed by atoms with van der Waals surface area (Å²) in [6, 6.07) is 47.5. The van der Waals surface area contributed by atoms with E-state index in [1.807, 2.05) is 24.7 Å². The van der Waals surface area contributed by atoms with Crippen molar-refractivity contribution in [2.24, 2.45) is 0 Å². The van der Waals surface area contributed by atoms with Crippen molar-refractivity contribution in [3.63, 3.8) is 0 Å². The topological polar surface area (TPSA) is 47.1 Å². The van der Waals surface area contributed by atoms with Crippen LogP contribution >= 0.6 is 0 Å². The summed E-state index contributed by atoms with van der Waals surface area (Å²) in [5.74, 6) is 0. The largest absolute Gasteiger partial charge is 0.455 e. The molecule has 0 radical (unpaired) electrons. The van der Waals surface area contributed by atoms with Gasteiger partial charge in [0.2, 0.25) is 0 Å². The van der Waals surface area contributed by atoms with E-state index >= 15 is 0 Å². The van der Waals surface area contributed by atoms with Gasteiger partial charge in [-0.1, -0.05) is 84.9 Å². The van der Waals surface area contributed by atoms with Gasteiger partial charge in [-0.2, -0.15) is 0 Å². The second kappa shape index (κ2) is 10.0. The predicted molar refractivity (Wildman–Crippen MR) is 191 cm³/mol. The van der Waals surface area contributed by atoms with E-state index in [0.29, 0.717) is 0 Å². The Morgan fingerprint density at radius 3 is 2.13 bits per heavy atom. The number of benzene rings is 5. The van der Waals surface area contributed by atoms with Crippen molar-refractivity contribution in [2.75, 3.05) is 4.90 Å². The zero-order chi connectivity index (χ0) is 30.9. The number of furan rings is 1. The first-order valence-electron chi connectivity index (χ1n) is 15.7. The summed E-state index contributed by atoms with van der Waals surface area (Å²) in [4.78, 5) is 11.3. The Morgan fingerprint density at radius 2 is 1.23 bits per heavy atom. The van der Waals surface area contributed by atoms with Crippen molar-refractivity contribution < 1.29 is 4.42 Å². The SMILES string of the molecule is c1ccc(-n2c3c(c4ccccc42)-c2ccccc2N(c2cccc(-c4cncc5c4oc4ccncc45)c2)c2ccccc2-3)cc1. The molecule has 0 unspecified atom stereocenters. The molecule has 5 aromatic carbocycles. The third kappa shape index (κ3) is 3.77. The Morgan fingerprint density at radius 1 is 0.511 bits per heavy atom. The van der Waals surface area contributed by atoms with Gasteiger partial charge in [-0.25, -0.2) is 0 Å². The minimum absolute atomic E-state index is 0.805. The summed E-state index contributed by atoms with van der Waals surface area (Å²) in [6.07, 6.45) is 7.36. The van der Waals surface area contributed by atoms with E-state index in [1.54, 1.807) is 6.20 Å². The molecule has 5 heteroatoms. The van der Waals surface area contributed by atoms with E-state index in [9.17, 15) is 0 Å². The summed E-state index contributed by atoms with van der Waals surface area (Å²) >= 11 is 0. The number of nitrogens with zero attached hydrogens (tertiary/aromatic N) is 4. The van der Waals surface area contributed by atoms with Gasteiger partial charge >= 0.3 is 0 Å². The van der Waals surface area contributed by atoms with E-state index in [4.69, 9.17) is 4.42 Å². The van der Waals surface area contributed by atoms with Gasteiger partial charge in [0.1, 0.15) is 11.2 Å². The minimum atomic E-state index is 0.805. The Hall–Kier alpha value is -6.46. The van der Waals surface area contributed by atoms with Gasteiger partial charge in [-0.15, -0.1) is 0 Å². The number of anilines is 3. The summed E-state index contributed by atoms with van der Waals surface area (Å²) in [7, 11) is 0. The molecule has 0 N–H and O–H groups in total. The van der Waals surface area contributed by atoms with Crippen LogP contribution in [0.25, 0.3) is 72.0 Å². The molecule has 1 aliphatic heterocycles. The monoisotopic (exact) mass is 602 g/mol. The molecule has 5 nitrogen and oxygen atoms in total. The minimum Gasteiger partial charge on any atom is -0.455 e. The average Bonchev–Trinajstić information content (AvgIpc) is 3.65. The first kappa shape index (κ1) is 25.8. The van der Waals surface area contributed by atoms with Gasteiger partial charge in [0, 0.05) is 74.6 Å². The van der Waals surface area contributed by atoms with Crippen molar-refractivity contribution >= 4 is 49.9 Å². The number of para-hydroxylation sites is 4. The molecule has 0 atom stereocenters. The molecule has 4 aromatic heterocycles. The molecule has 0 amide bonds. The number of aromatic nitrogens is 3. The van der Waals surface area contributed by atoms with E-state index in [1.165, 1.54) is 27.7 Å². The fourth-order valence-corrected chi connectivity index (χ4v) is 7.32. The fraction of sp³-hybridized carbons (Fsp3) is 0. The molecule has 47 heavy (non-hydrogen) atoms. The highest BCUT2D eigenvalue weighted by Crippen LogP contribution is 2.54. The maximum atomic E-state index is 6.39. The molecule has 1 aliphatic rings. The molecule has 0 aliphatic carbocycles. The molecule has 0 spiro atoms. The lowest BCUT2D eigenvalue weighted by Crippen LogP contribution is -2.11. The molecule has 10 rings (SSSR count). The van der Waals surface area contributed by atoms with E-state index in [2.05, 4.69) is 147 Å². The van der Waals surface area contributed by atoms with Crippen LogP contribution in [0.15, 0.2) is 163 Å². The van der Waals surface area contributed by atoms with Crippen LogP contribution in [0, 0.1) is 0 Å². The lowest BCUT2D eigenvalue weighted by Gasteiger charge is -2.28. The maximum absolute atomic E-state index is 6.39. The van der Waals surface area contributed by atoms with Crippen LogP contribution < -0.4 is 4.90 Å². The molecular weight excluding hydrogens is 576 g/mol. The van der Waals surface area contributed by atoms with E-state index < -0.39 is 0 Å². The number of pyridine rings is 2. The van der Waals surface area contributed by atoms with Gasteiger partial charge in [-0.3, -0.25) is 9.97 Å². The molecule has 5 heterocycles. The Bertz CT molecular complexity index is 2650. The second-order valence-corrected chi connectivity index (χ2v) is 11.9. The standard InChI is InChI=1S/C42H26N4O/c1-2-12-28(13-3-1)46-37-19-8-5-16-31(37)40-30-15-4-7-18-36(30)45(38-20-9-6-17-32(38)41(40)46)29-14-10-11-27(23-29)33-24-44-26-35-34-25-43-22-21-39(34)47-42(33)35/h1-26H. The van der Waals surface area contributed by atoms with Crippen LogP contribution in [0.2, 0.25) is 0 Å². The molecule has 0 fully saturated rings. The zero-order valence-electron chi connectivity index (χ0n) is 25.2. The third-order valence-electron chi connectivity index (χ3n) is 9.30. The quantitative estimate of drug-likeness (QED) is 0.202. The molecule has 0 saturated heterocycles. The van der Waals surface area contributed by atoms with Crippen molar-refractivity contribution in [3.8, 4) is 39.2 Å². The van der Waals surface area contributed by atoms with Crippen molar-refractivity contribution in [2.45, 2.75) is 0 Å². The highest BCUT2D eigenvalue weighted by Gasteiger charge is 2.31. The molecule has 0 bridgehead atoms. The summed E-state index contributed by atoms with van der Waals surface area (Å²) < 4.78 is 8.81. The first-order valence-corrected chi connectivity index (χ1v) is 15.7. The number of rotatable bonds is 3. The van der Waals surface area contributed by atoms with Crippen molar-refractivity contribution in [1.29, 1.82) is 0 Å². The van der Waals surface area contributed by atoms with Crippen LogP contribution in [0.5, 0.6) is 0 Å². The Balaban J connectivity index is 1.25. The fourth-order valence-electron chi connectivity index (χ4n) is 7.32. The van der Waals surface area contributed by atoms with Crippen LogP contribution in [0.4, 0.5) is 17.1 Å². The molecule has 220 valence electrons. The summed E-state index contributed by atoms with van der Waals surface area (Å²) in [5, 5.41) is 3.15. The third-order valence-corrected chi connectivity index (χ3v) is 9.30. The van der Waals surface area contributed by atoms with Crippen LogP contribution in [0.3, 0.4) is 0 Å².